The summed E-state index contributed by atoms with van der Waals surface area (Å²) in [5, 5.41) is 0. The summed E-state index contributed by atoms with van der Waals surface area (Å²) in [6.07, 6.45) is 1.28. The molecule has 5 heteroatoms. The molecular formula is C20H29NO4. The summed E-state index contributed by atoms with van der Waals surface area (Å²) in [5.41, 5.74) is 1.80. The van der Waals surface area contributed by atoms with Gasteiger partial charge >= 0.3 is 12.1 Å². The summed E-state index contributed by atoms with van der Waals surface area (Å²) in [5.74, 6) is -0.463. The zero-order chi connectivity index (χ0) is 19.2. The Morgan fingerprint density at radius 2 is 1.72 bits per heavy atom. The molecule has 0 unspecified atom stereocenters. The number of benzene rings is 1. The second-order valence-electron chi connectivity index (χ2n) is 7.27. The Labute approximate surface area is 150 Å². The first-order valence-electron chi connectivity index (χ1n) is 8.38. The van der Waals surface area contributed by atoms with Crippen LogP contribution in [0, 0.1) is 6.92 Å². The third-order valence-electron chi connectivity index (χ3n) is 3.46. The maximum absolute atomic E-state index is 12.5. The average molecular weight is 347 g/mol. The van der Waals surface area contributed by atoms with Crippen molar-refractivity contribution in [3.05, 3.63) is 41.0 Å². The number of carbonyl (C=O) groups excluding carboxylic acids is 2. The van der Waals surface area contributed by atoms with Gasteiger partial charge in [0.2, 0.25) is 0 Å². The lowest BCUT2D eigenvalue weighted by molar-refractivity contribution is -0.136. The lowest BCUT2D eigenvalue weighted by atomic mass is 10.1. The molecule has 0 radical (unpaired) electrons. The van der Waals surface area contributed by atoms with E-state index in [1.54, 1.807) is 6.08 Å². The molecule has 0 aliphatic carbocycles. The van der Waals surface area contributed by atoms with Crippen LogP contribution >= 0.6 is 0 Å². The van der Waals surface area contributed by atoms with Gasteiger partial charge in [-0.1, -0.05) is 29.8 Å². The third kappa shape index (κ3) is 6.99. The highest BCUT2D eigenvalue weighted by atomic mass is 16.6. The van der Waals surface area contributed by atoms with Crippen molar-refractivity contribution in [2.24, 2.45) is 0 Å². The Morgan fingerprint density at radius 3 is 2.16 bits per heavy atom. The van der Waals surface area contributed by atoms with Gasteiger partial charge in [0.15, 0.2) is 0 Å². The minimum absolute atomic E-state index is 0.118. The molecule has 25 heavy (non-hydrogen) atoms. The number of hydrogen-bond acceptors (Lipinski definition) is 4. The normalized spacial score (nSPS) is 12.1. The largest absolute Gasteiger partial charge is 0.466 e. The van der Waals surface area contributed by atoms with E-state index >= 15 is 0 Å². The lowest BCUT2D eigenvalue weighted by Gasteiger charge is -2.30. The van der Waals surface area contributed by atoms with Gasteiger partial charge in [0.25, 0.3) is 0 Å². The molecule has 5 nitrogen and oxygen atoms in total. The number of esters is 1. The van der Waals surface area contributed by atoms with Crippen LogP contribution in [0.1, 0.15) is 45.7 Å². The molecule has 138 valence electrons. The Balaban J connectivity index is 3.11. The van der Waals surface area contributed by atoms with Crippen LogP contribution in [-0.4, -0.2) is 42.3 Å². The van der Waals surface area contributed by atoms with Crippen molar-refractivity contribution in [2.45, 2.75) is 53.2 Å². The monoisotopic (exact) mass is 347 g/mol. The van der Waals surface area contributed by atoms with Crippen molar-refractivity contribution in [3.8, 4) is 0 Å². The van der Waals surface area contributed by atoms with Crippen LogP contribution in [0.5, 0.6) is 0 Å². The third-order valence-corrected chi connectivity index (χ3v) is 3.46. The predicted molar refractivity (Wildman–Crippen MR) is 99.2 cm³/mol. The smallest absolute Gasteiger partial charge is 0.410 e. The van der Waals surface area contributed by atoms with Crippen LogP contribution in [0.3, 0.4) is 0 Å². The molecule has 1 rings (SSSR count). The number of methoxy groups -OCH3 is 1. The van der Waals surface area contributed by atoms with Gasteiger partial charge in [0, 0.05) is 6.04 Å². The SMILES string of the molecule is COC(=O)/C(=C/c1ccc(C)cc1)CN(C(=O)OC(C)(C)C)C(C)C. The summed E-state index contributed by atoms with van der Waals surface area (Å²) in [4.78, 5) is 26.2. The van der Waals surface area contributed by atoms with E-state index in [9.17, 15) is 9.59 Å². The average Bonchev–Trinajstić information content (AvgIpc) is 2.50. The van der Waals surface area contributed by atoms with Gasteiger partial charge in [0.1, 0.15) is 5.60 Å². The molecule has 0 aromatic heterocycles. The van der Waals surface area contributed by atoms with Crippen molar-refractivity contribution < 1.29 is 19.1 Å². The van der Waals surface area contributed by atoms with Crippen LogP contribution < -0.4 is 0 Å². The first-order chi connectivity index (χ1) is 11.5. The molecule has 0 saturated heterocycles. The first kappa shape index (κ1) is 20.7. The number of nitrogens with zero attached hydrogens (tertiary/aromatic N) is 1. The minimum atomic E-state index is -0.601. The molecule has 0 N–H and O–H groups in total. The fourth-order valence-corrected chi connectivity index (χ4v) is 2.13. The van der Waals surface area contributed by atoms with Gasteiger partial charge < -0.3 is 14.4 Å². The fraction of sp³-hybridized carbons (Fsp3) is 0.500. The summed E-state index contributed by atoms with van der Waals surface area (Å²) in [6.45, 7) is 11.3. The van der Waals surface area contributed by atoms with E-state index in [2.05, 4.69) is 0 Å². The van der Waals surface area contributed by atoms with E-state index in [1.165, 1.54) is 12.0 Å². The number of amides is 1. The van der Waals surface area contributed by atoms with Crippen molar-refractivity contribution >= 4 is 18.1 Å². The molecule has 0 fully saturated rings. The van der Waals surface area contributed by atoms with E-state index in [1.807, 2.05) is 65.8 Å². The maximum atomic E-state index is 12.5. The molecule has 0 heterocycles. The molecule has 0 aliphatic rings. The Kier molecular flexibility index (Phi) is 7.22. The molecule has 1 aromatic rings. The Hall–Kier alpha value is -2.30. The fourth-order valence-electron chi connectivity index (χ4n) is 2.13. The van der Waals surface area contributed by atoms with E-state index < -0.39 is 17.7 Å². The van der Waals surface area contributed by atoms with E-state index in [4.69, 9.17) is 9.47 Å². The topological polar surface area (TPSA) is 55.8 Å². The molecule has 1 amide bonds. The predicted octanol–water partition coefficient (Wildman–Crippen LogP) is 4.20. The second kappa shape index (κ2) is 8.70. The van der Waals surface area contributed by atoms with Crippen molar-refractivity contribution in [1.82, 2.24) is 4.90 Å². The van der Waals surface area contributed by atoms with E-state index in [0.717, 1.165) is 11.1 Å². The highest BCUT2D eigenvalue weighted by molar-refractivity contribution is 5.94. The first-order valence-corrected chi connectivity index (χ1v) is 8.38. The van der Waals surface area contributed by atoms with Gasteiger partial charge in [-0.05, 0) is 53.2 Å². The zero-order valence-electron chi connectivity index (χ0n) is 16.3. The van der Waals surface area contributed by atoms with Crippen LogP contribution in [0.4, 0.5) is 4.79 Å². The van der Waals surface area contributed by atoms with Gasteiger partial charge in [-0.3, -0.25) is 0 Å². The highest BCUT2D eigenvalue weighted by Gasteiger charge is 2.26. The van der Waals surface area contributed by atoms with Crippen LogP contribution in [0.2, 0.25) is 0 Å². The Bertz CT molecular complexity index is 624. The number of aryl methyl sites for hydroxylation is 1. The van der Waals surface area contributed by atoms with E-state index in [-0.39, 0.29) is 12.6 Å². The lowest BCUT2D eigenvalue weighted by Crippen LogP contribution is -2.42. The summed E-state index contributed by atoms with van der Waals surface area (Å²) in [7, 11) is 1.33. The number of hydrogen-bond donors (Lipinski definition) is 0. The van der Waals surface area contributed by atoms with Crippen molar-refractivity contribution in [2.75, 3.05) is 13.7 Å². The molecule has 0 aliphatic heterocycles. The van der Waals surface area contributed by atoms with E-state index in [0.29, 0.717) is 5.57 Å². The molecule has 0 bridgehead atoms. The van der Waals surface area contributed by atoms with Gasteiger partial charge in [-0.15, -0.1) is 0 Å². The van der Waals surface area contributed by atoms with Crippen molar-refractivity contribution in [1.29, 1.82) is 0 Å². The molecule has 0 saturated carbocycles. The van der Waals surface area contributed by atoms with Crippen molar-refractivity contribution in [3.63, 3.8) is 0 Å². The summed E-state index contributed by atoms with van der Waals surface area (Å²) >= 11 is 0. The van der Waals surface area contributed by atoms with Crippen LogP contribution in [0.15, 0.2) is 29.8 Å². The van der Waals surface area contributed by atoms with Crippen LogP contribution in [0.25, 0.3) is 6.08 Å². The standard InChI is InChI=1S/C20H29NO4/c1-14(2)21(19(23)25-20(4,5)6)13-17(18(22)24-7)12-16-10-8-15(3)9-11-16/h8-12,14H,13H2,1-7H3/b17-12+. The second-order valence-corrected chi connectivity index (χ2v) is 7.27. The van der Waals surface area contributed by atoms with Gasteiger partial charge in [-0.25, -0.2) is 9.59 Å². The maximum Gasteiger partial charge on any atom is 0.410 e. The summed E-state index contributed by atoms with van der Waals surface area (Å²) in [6, 6.07) is 7.65. The Morgan fingerprint density at radius 1 is 1.16 bits per heavy atom. The zero-order valence-corrected chi connectivity index (χ0v) is 16.3. The molecule has 0 spiro atoms. The van der Waals surface area contributed by atoms with Gasteiger partial charge in [-0.2, -0.15) is 0 Å². The molecule has 1 aromatic carbocycles. The quantitative estimate of drug-likeness (QED) is 0.592. The van der Waals surface area contributed by atoms with Crippen LogP contribution in [-0.2, 0) is 14.3 Å². The summed E-state index contributed by atoms with van der Waals surface area (Å²) < 4.78 is 10.3. The number of carbonyl (C=O) groups is 2. The highest BCUT2D eigenvalue weighted by Crippen LogP contribution is 2.16. The molecule has 0 atom stereocenters. The molecular weight excluding hydrogens is 318 g/mol. The number of ether oxygens (including phenoxy) is 2. The van der Waals surface area contributed by atoms with Gasteiger partial charge in [0.05, 0.1) is 19.2 Å². The minimum Gasteiger partial charge on any atom is -0.466 e. The number of rotatable bonds is 5.